The van der Waals surface area contributed by atoms with Gasteiger partial charge in [-0.3, -0.25) is 4.98 Å². The lowest BCUT2D eigenvalue weighted by atomic mass is 10.1. The second-order valence-electron chi connectivity index (χ2n) is 5.23. The predicted octanol–water partition coefficient (Wildman–Crippen LogP) is 1.35. The molecule has 0 saturated carbocycles. The van der Waals surface area contributed by atoms with Crippen LogP contribution in [0.25, 0.3) is 11.2 Å². The Bertz CT molecular complexity index is 795. The van der Waals surface area contributed by atoms with Crippen LogP contribution in [0.1, 0.15) is 18.1 Å². The van der Waals surface area contributed by atoms with Gasteiger partial charge in [-0.1, -0.05) is 0 Å². The van der Waals surface area contributed by atoms with E-state index in [9.17, 15) is 0 Å². The Morgan fingerprint density at radius 2 is 2.10 bits per heavy atom. The number of nitrogens with one attached hydrogen (secondary N) is 1. The number of aromatic nitrogens is 6. The molecule has 0 bridgehead atoms. The molecule has 3 aromatic heterocycles. The first kappa shape index (κ1) is 12.2. The molecule has 0 saturated heterocycles. The van der Waals surface area contributed by atoms with Crippen molar-refractivity contribution in [1.82, 2.24) is 29.7 Å². The maximum atomic E-state index is 4.50. The van der Waals surface area contributed by atoms with E-state index in [1.165, 1.54) is 0 Å². The van der Waals surface area contributed by atoms with Gasteiger partial charge >= 0.3 is 0 Å². The molecule has 1 atom stereocenters. The van der Waals surface area contributed by atoms with E-state index in [-0.39, 0.29) is 0 Å². The van der Waals surface area contributed by atoms with Crippen LogP contribution in [0.4, 0.5) is 5.82 Å². The standard InChI is InChI=1S/C14H15N7/c1-9-17-13-5-2-10(8-21(13)20-9)18-12-4-3-11-14(19-12)16-7-6-15-11/h3-4,6-7,10H,2,5,8H2,1H3,(H,16,18,19). The average molecular weight is 281 g/mol. The zero-order valence-electron chi connectivity index (χ0n) is 11.7. The lowest BCUT2D eigenvalue weighted by Gasteiger charge is -2.23. The third-order valence-corrected chi connectivity index (χ3v) is 3.65. The summed E-state index contributed by atoms with van der Waals surface area (Å²) in [5, 5.41) is 7.87. The number of pyridine rings is 1. The first-order valence-corrected chi connectivity index (χ1v) is 7.02. The van der Waals surface area contributed by atoms with Crippen molar-refractivity contribution in [2.24, 2.45) is 0 Å². The zero-order valence-corrected chi connectivity index (χ0v) is 11.7. The van der Waals surface area contributed by atoms with E-state index in [0.29, 0.717) is 11.7 Å². The highest BCUT2D eigenvalue weighted by molar-refractivity contribution is 5.71. The normalized spacial score (nSPS) is 17.7. The van der Waals surface area contributed by atoms with Gasteiger partial charge in [-0.15, -0.1) is 0 Å². The van der Waals surface area contributed by atoms with E-state index in [1.54, 1.807) is 12.4 Å². The highest BCUT2D eigenvalue weighted by Crippen LogP contribution is 2.17. The van der Waals surface area contributed by atoms with Crippen molar-refractivity contribution in [3.8, 4) is 0 Å². The molecule has 1 aliphatic heterocycles. The number of hydrogen-bond donors (Lipinski definition) is 1. The Kier molecular flexibility index (Phi) is 2.77. The van der Waals surface area contributed by atoms with Gasteiger partial charge in [0.2, 0.25) is 0 Å². The van der Waals surface area contributed by atoms with E-state index in [2.05, 4.69) is 30.4 Å². The molecule has 1 aliphatic rings. The minimum absolute atomic E-state index is 0.306. The molecule has 3 aromatic rings. The third-order valence-electron chi connectivity index (χ3n) is 3.65. The van der Waals surface area contributed by atoms with Crippen LogP contribution in [0.3, 0.4) is 0 Å². The molecule has 106 valence electrons. The molecule has 7 heteroatoms. The van der Waals surface area contributed by atoms with Crippen LogP contribution in [0.2, 0.25) is 0 Å². The van der Waals surface area contributed by atoms with Gasteiger partial charge in [-0.05, 0) is 25.5 Å². The lowest BCUT2D eigenvalue weighted by molar-refractivity contribution is 0.440. The molecule has 0 aliphatic carbocycles. The number of rotatable bonds is 2. The van der Waals surface area contributed by atoms with Crippen molar-refractivity contribution >= 4 is 17.0 Å². The zero-order chi connectivity index (χ0) is 14.2. The second kappa shape index (κ2) is 4.76. The second-order valence-corrected chi connectivity index (χ2v) is 5.23. The van der Waals surface area contributed by atoms with Gasteiger partial charge in [0.25, 0.3) is 0 Å². The molecule has 0 spiro atoms. The van der Waals surface area contributed by atoms with Crippen LogP contribution in [-0.4, -0.2) is 35.8 Å². The summed E-state index contributed by atoms with van der Waals surface area (Å²) in [6.45, 7) is 2.74. The molecule has 1 unspecified atom stereocenters. The number of fused-ring (bicyclic) bond motifs is 2. The van der Waals surface area contributed by atoms with Crippen molar-refractivity contribution in [2.45, 2.75) is 32.4 Å². The highest BCUT2D eigenvalue weighted by Gasteiger charge is 2.21. The molecule has 0 radical (unpaired) electrons. The van der Waals surface area contributed by atoms with Crippen LogP contribution in [0.5, 0.6) is 0 Å². The smallest absolute Gasteiger partial charge is 0.180 e. The molecule has 0 aromatic carbocycles. The molecule has 1 N–H and O–H groups in total. The number of nitrogens with zero attached hydrogens (tertiary/aromatic N) is 6. The van der Waals surface area contributed by atoms with Crippen LogP contribution >= 0.6 is 0 Å². The van der Waals surface area contributed by atoms with Crippen LogP contribution < -0.4 is 5.32 Å². The Balaban J connectivity index is 1.55. The Labute approximate surface area is 121 Å². The fraction of sp³-hybridized carbons (Fsp3) is 0.357. The van der Waals surface area contributed by atoms with Gasteiger partial charge in [0.05, 0.1) is 6.54 Å². The summed E-state index contributed by atoms with van der Waals surface area (Å²) < 4.78 is 1.98. The average Bonchev–Trinajstić information content (AvgIpc) is 2.86. The summed E-state index contributed by atoms with van der Waals surface area (Å²) in [7, 11) is 0. The number of hydrogen-bond acceptors (Lipinski definition) is 6. The van der Waals surface area contributed by atoms with Crippen molar-refractivity contribution in [3.05, 3.63) is 36.2 Å². The van der Waals surface area contributed by atoms with Crippen molar-refractivity contribution in [3.63, 3.8) is 0 Å². The summed E-state index contributed by atoms with van der Waals surface area (Å²) in [6.07, 6.45) is 5.29. The van der Waals surface area contributed by atoms with Gasteiger partial charge in [0.1, 0.15) is 23.0 Å². The lowest BCUT2D eigenvalue weighted by Crippen LogP contribution is -2.32. The molecule has 21 heavy (non-hydrogen) atoms. The largest absolute Gasteiger partial charge is 0.365 e. The fourth-order valence-electron chi connectivity index (χ4n) is 2.70. The summed E-state index contributed by atoms with van der Waals surface area (Å²) in [4.78, 5) is 17.4. The maximum absolute atomic E-state index is 4.50. The minimum atomic E-state index is 0.306. The molecule has 0 fully saturated rings. The number of anilines is 1. The first-order valence-electron chi connectivity index (χ1n) is 7.02. The van der Waals surface area contributed by atoms with E-state index >= 15 is 0 Å². The summed E-state index contributed by atoms with van der Waals surface area (Å²) >= 11 is 0. The molecular weight excluding hydrogens is 266 g/mol. The van der Waals surface area contributed by atoms with Crippen LogP contribution in [-0.2, 0) is 13.0 Å². The van der Waals surface area contributed by atoms with Crippen molar-refractivity contribution in [1.29, 1.82) is 0 Å². The molecular formula is C14H15N7. The molecule has 0 amide bonds. The van der Waals surface area contributed by atoms with E-state index in [0.717, 1.165) is 42.4 Å². The van der Waals surface area contributed by atoms with Crippen LogP contribution in [0, 0.1) is 6.92 Å². The molecule has 4 heterocycles. The predicted molar refractivity (Wildman–Crippen MR) is 77.8 cm³/mol. The quantitative estimate of drug-likeness (QED) is 0.763. The Morgan fingerprint density at radius 3 is 3.05 bits per heavy atom. The number of aryl methyl sites for hydroxylation is 2. The van der Waals surface area contributed by atoms with E-state index < -0.39 is 0 Å². The van der Waals surface area contributed by atoms with E-state index in [4.69, 9.17) is 0 Å². The van der Waals surface area contributed by atoms with Crippen molar-refractivity contribution < 1.29 is 0 Å². The maximum Gasteiger partial charge on any atom is 0.180 e. The fourth-order valence-corrected chi connectivity index (χ4v) is 2.70. The van der Waals surface area contributed by atoms with Gasteiger partial charge in [0, 0.05) is 24.9 Å². The van der Waals surface area contributed by atoms with Crippen molar-refractivity contribution in [2.75, 3.05) is 5.32 Å². The summed E-state index contributed by atoms with van der Waals surface area (Å²) in [5.41, 5.74) is 1.47. The first-order chi connectivity index (χ1) is 10.3. The van der Waals surface area contributed by atoms with Gasteiger partial charge < -0.3 is 5.32 Å². The molecule has 7 nitrogen and oxygen atoms in total. The van der Waals surface area contributed by atoms with E-state index in [1.807, 2.05) is 23.7 Å². The van der Waals surface area contributed by atoms with Crippen LogP contribution in [0.15, 0.2) is 24.5 Å². The summed E-state index contributed by atoms with van der Waals surface area (Å²) in [6, 6.07) is 4.19. The summed E-state index contributed by atoms with van der Waals surface area (Å²) in [5.74, 6) is 2.74. The minimum Gasteiger partial charge on any atom is -0.365 e. The topological polar surface area (TPSA) is 81.4 Å². The Hall–Kier alpha value is -2.57. The SMILES string of the molecule is Cc1nc2n(n1)CC(Nc1ccc3nccnc3n1)CC2. The van der Waals surface area contributed by atoms with Gasteiger partial charge in [0.15, 0.2) is 5.65 Å². The highest BCUT2D eigenvalue weighted by atomic mass is 15.4. The monoisotopic (exact) mass is 281 g/mol. The third kappa shape index (κ3) is 2.31. The van der Waals surface area contributed by atoms with Gasteiger partial charge in [-0.25, -0.2) is 19.6 Å². The van der Waals surface area contributed by atoms with Gasteiger partial charge in [-0.2, -0.15) is 5.10 Å². The molecule has 4 rings (SSSR count). The Morgan fingerprint density at radius 1 is 1.19 bits per heavy atom.